The van der Waals surface area contributed by atoms with Gasteiger partial charge in [-0.1, -0.05) is 18.2 Å². The van der Waals surface area contributed by atoms with E-state index in [4.69, 9.17) is 15.2 Å². The van der Waals surface area contributed by atoms with Crippen LogP contribution in [0.15, 0.2) is 42.6 Å². The minimum Gasteiger partial charge on any atom is -0.470 e. The van der Waals surface area contributed by atoms with Gasteiger partial charge >= 0.3 is 5.97 Å². The lowest BCUT2D eigenvalue weighted by atomic mass is 10.1. The zero-order valence-electron chi connectivity index (χ0n) is 12.2. The van der Waals surface area contributed by atoms with Gasteiger partial charge in [0, 0.05) is 5.69 Å². The first-order valence-electron chi connectivity index (χ1n) is 6.99. The van der Waals surface area contributed by atoms with Gasteiger partial charge in [0.25, 0.3) is 0 Å². The number of hydrogen-bond donors (Lipinski definition) is 1. The number of nitrogens with zero attached hydrogens (tertiary/aromatic N) is 2. The topological polar surface area (TPSA) is 77.7 Å². The molecular weight excluding hydrogens is 282 g/mol. The van der Waals surface area contributed by atoms with E-state index in [1.54, 1.807) is 6.20 Å². The lowest BCUT2D eigenvalue weighted by Gasteiger charge is -2.35. The molecule has 6 nitrogen and oxygen atoms in total. The molecule has 0 bridgehead atoms. The van der Waals surface area contributed by atoms with Crippen LogP contribution in [-0.2, 0) is 9.53 Å². The van der Waals surface area contributed by atoms with Gasteiger partial charge in [-0.05, 0) is 18.2 Å². The van der Waals surface area contributed by atoms with Crippen LogP contribution in [0.3, 0.4) is 0 Å². The molecule has 0 spiro atoms. The molecule has 0 aliphatic carbocycles. The van der Waals surface area contributed by atoms with Crippen LogP contribution in [0.5, 0.6) is 5.88 Å². The first-order chi connectivity index (χ1) is 10.7. The number of para-hydroxylation sites is 1. The van der Waals surface area contributed by atoms with E-state index < -0.39 is 0 Å². The maximum atomic E-state index is 11.5. The number of ether oxygens (including phenoxy) is 2. The fraction of sp³-hybridized carbons (Fsp3) is 0.250. The summed E-state index contributed by atoms with van der Waals surface area (Å²) in [6, 6.07) is 11.7. The van der Waals surface area contributed by atoms with E-state index in [-0.39, 0.29) is 18.5 Å². The largest absolute Gasteiger partial charge is 0.470 e. The molecule has 22 heavy (non-hydrogen) atoms. The monoisotopic (exact) mass is 299 g/mol. The molecule has 0 radical (unpaired) electrons. The number of aromatic nitrogens is 1. The number of carbonyl (C=O) groups excluding carboxylic acids is 1. The predicted molar refractivity (Wildman–Crippen MR) is 83.1 cm³/mol. The zero-order valence-corrected chi connectivity index (χ0v) is 12.2. The number of methoxy groups -OCH3 is 1. The normalized spacial score (nSPS) is 16.6. The Morgan fingerprint density at radius 2 is 2.23 bits per heavy atom. The van der Waals surface area contributed by atoms with E-state index >= 15 is 0 Å². The highest BCUT2D eigenvalue weighted by atomic mass is 16.5. The van der Waals surface area contributed by atoms with Gasteiger partial charge in [-0.25, -0.2) is 4.98 Å². The number of carbonyl (C=O) groups is 1. The third kappa shape index (κ3) is 2.81. The third-order valence-corrected chi connectivity index (χ3v) is 3.50. The Balaban J connectivity index is 1.96. The maximum absolute atomic E-state index is 11.5. The second-order valence-electron chi connectivity index (χ2n) is 5.06. The van der Waals surface area contributed by atoms with Crippen LogP contribution in [-0.4, -0.2) is 30.7 Å². The highest BCUT2D eigenvalue weighted by Crippen LogP contribution is 2.38. The van der Waals surface area contributed by atoms with Crippen LogP contribution in [0.2, 0.25) is 0 Å². The van der Waals surface area contributed by atoms with Gasteiger partial charge < -0.3 is 20.1 Å². The molecular formula is C16H17N3O3. The number of anilines is 3. The molecule has 0 saturated carbocycles. The summed E-state index contributed by atoms with van der Waals surface area (Å²) in [4.78, 5) is 17.8. The summed E-state index contributed by atoms with van der Waals surface area (Å²) in [5, 5.41) is 0. The van der Waals surface area contributed by atoms with Crippen LogP contribution in [0.25, 0.3) is 0 Å². The number of hydrogen-bond acceptors (Lipinski definition) is 6. The molecule has 114 valence electrons. The van der Waals surface area contributed by atoms with E-state index in [0.29, 0.717) is 18.1 Å². The molecule has 1 unspecified atom stereocenters. The summed E-state index contributed by atoms with van der Waals surface area (Å²) in [5.41, 5.74) is 8.20. The molecule has 2 aromatic rings. The second kappa shape index (κ2) is 5.93. The van der Waals surface area contributed by atoms with Crippen molar-refractivity contribution in [3.8, 4) is 5.88 Å². The zero-order chi connectivity index (χ0) is 15.5. The molecule has 0 amide bonds. The number of benzene rings is 1. The summed E-state index contributed by atoms with van der Waals surface area (Å²) in [6.45, 7) is 0.525. The summed E-state index contributed by atoms with van der Waals surface area (Å²) in [6.07, 6.45) is 1.39. The fourth-order valence-electron chi connectivity index (χ4n) is 2.47. The van der Waals surface area contributed by atoms with Crippen molar-refractivity contribution < 1.29 is 14.3 Å². The van der Waals surface area contributed by atoms with Crippen molar-refractivity contribution in [3.05, 3.63) is 42.6 Å². The minimum atomic E-state index is -0.323. The van der Waals surface area contributed by atoms with Crippen LogP contribution >= 0.6 is 0 Å². The van der Waals surface area contributed by atoms with Crippen molar-refractivity contribution in [3.63, 3.8) is 0 Å². The second-order valence-corrected chi connectivity index (χ2v) is 5.06. The summed E-state index contributed by atoms with van der Waals surface area (Å²) in [7, 11) is 1.37. The van der Waals surface area contributed by atoms with Crippen LogP contribution < -0.4 is 15.4 Å². The molecule has 0 fully saturated rings. The van der Waals surface area contributed by atoms with Gasteiger partial charge in [-0.2, -0.15) is 0 Å². The summed E-state index contributed by atoms with van der Waals surface area (Å²) in [5.74, 6) is 0.162. The average molecular weight is 299 g/mol. The van der Waals surface area contributed by atoms with E-state index in [0.717, 1.165) is 11.4 Å². The highest BCUT2D eigenvalue weighted by molar-refractivity contribution is 5.73. The van der Waals surface area contributed by atoms with Crippen LogP contribution in [0, 0.1) is 0 Å². The van der Waals surface area contributed by atoms with Crippen LogP contribution in [0.4, 0.5) is 17.1 Å². The van der Waals surface area contributed by atoms with E-state index in [9.17, 15) is 4.79 Å². The number of esters is 1. The van der Waals surface area contributed by atoms with E-state index in [2.05, 4.69) is 9.88 Å². The number of rotatable bonds is 3. The Labute approximate surface area is 128 Å². The SMILES string of the molecule is COC(=O)CC1CN(c2ccccc2)c2cc(N)cnc2O1. The lowest BCUT2D eigenvalue weighted by molar-refractivity contribution is -0.142. The third-order valence-electron chi connectivity index (χ3n) is 3.50. The predicted octanol–water partition coefficient (Wildman–Crippen LogP) is 2.13. The summed E-state index contributed by atoms with van der Waals surface area (Å²) >= 11 is 0. The van der Waals surface area contributed by atoms with Gasteiger partial charge in [0.15, 0.2) is 0 Å². The Bertz CT molecular complexity index is 676. The molecule has 2 N–H and O–H groups in total. The molecule has 2 heterocycles. The number of pyridine rings is 1. The first-order valence-corrected chi connectivity index (χ1v) is 6.99. The molecule has 1 atom stereocenters. The Hall–Kier alpha value is -2.76. The minimum absolute atomic E-state index is 0.172. The van der Waals surface area contributed by atoms with E-state index in [1.807, 2.05) is 36.4 Å². The summed E-state index contributed by atoms with van der Waals surface area (Å²) < 4.78 is 10.5. The molecule has 1 aromatic heterocycles. The molecule has 1 aliphatic rings. The van der Waals surface area contributed by atoms with Crippen molar-refractivity contribution in [2.45, 2.75) is 12.5 Å². The molecule has 3 rings (SSSR count). The van der Waals surface area contributed by atoms with Gasteiger partial charge in [-0.3, -0.25) is 4.79 Å². The van der Waals surface area contributed by atoms with Crippen molar-refractivity contribution in [1.82, 2.24) is 4.98 Å². The highest BCUT2D eigenvalue weighted by Gasteiger charge is 2.29. The number of nitrogens with two attached hydrogens (primary N) is 1. The smallest absolute Gasteiger partial charge is 0.309 e. The molecule has 6 heteroatoms. The Morgan fingerprint density at radius 3 is 2.95 bits per heavy atom. The first kappa shape index (κ1) is 14.2. The lowest BCUT2D eigenvalue weighted by Crippen LogP contribution is -2.39. The molecule has 0 saturated heterocycles. The standard InChI is InChI=1S/C16H17N3O3/c1-21-15(20)8-13-10-19(12-5-3-2-4-6-12)14-7-11(17)9-18-16(14)22-13/h2-7,9,13H,8,10,17H2,1H3. The number of fused-ring (bicyclic) bond motifs is 1. The molecule has 1 aromatic carbocycles. The van der Waals surface area contributed by atoms with Crippen molar-refractivity contribution in [2.75, 3.05) is 24.3 Å². The fourth-order valence-corrected chi connectivity index (χ4v) is 2.47. The van der Waals surface area contributed by atoms with Gasteiger partial charge in [0.2, 0.25) is 5.88 Å². The Morgan fingerprint density at radius 1 is 1.45 bits per heavy atom. The number of nitrogen functional groups attached to an aromatic ring is 1. The average Bonchev–Trinajstić information content (AvgIpc) is 2.55. The maximum Gasteiger partial charge on any atom is 0.309 e. The van der Waals surface area contributed by atoms with Crippen molar-refractivity contribution >= 4 is 23.0 Å². The van der Waals surface area contributed by atoms with Crippen molar-refractivity contribution in [2.24, 2.45) is 0 Å². The van der Waals surface area contributed by atoms with Crippen LogP contribution in [0.1, 0.15) is 6.42 Å². The van der Waals surface area contributed by atoms with Gasteiger partial charge in [-0.15, -0.1) is 0 Å². The quantitative estimate of drug-likeness (QED) is 0.875. The van der Waals surface area contributed by atoms with Gasteiger partial charge in [0.1, 0.15) is 11.8 Å². The molecule has 1 aliphatic heterocycles. The van der Waals surface area contributed by atoms with Gasteiger partial charge in [0.05, 0.1) is 32.0 Å². The van der Waals surface area contributed by atoms with Crippen molar-refractivity contribution in [1.29, 1.82) is 0 Å². The Kier molecular flexibility index (Phi) is 3.82. The van der Waals surface area contributed by atoms with E-state index in [1.165, 1.54) is 7.11 Å².